The number of carbonyl (C=O) groups is 1. The molecule has 2 aliphatic heterocycles. The van der Waals surface area contributed by atoms with Gasteiger partial charge in [0.05, 0.1) is 5.92 Å². The molecule has 2 saturated heterocycles. The Morgan fingerprint density at radius 1 is 1.44 bits per heavy atom. The quantitative estimate of drug-likeness (QED) is 0.800. The summed E-state index contributed by atoms with van der Waals surface area (Å²) >= 11 is 0. The van der Waals surface area contributed by atoms with Gasteiger partial charge in [0.2, 0.25) is 0 Å². The molecule has 2 rings (SSSR count). The molecule has 0 spiro atoms. The summed E-state index contributed by atoms with van der Waals surface area (Å²) in [5.41, 5.74) is 0. The summed E-state index contributed by atoms with van der Waals surface area (Å²) in [6.45, 7) is 4.39. The first-order valence-electron chi connectivity index (χ1n) is 6.45. The van der Waals surface area contributed by atoms with Gasteiger partial charge in [-0.2, -0.15) is 0 Å². The fourth-order valence-corrected chi connectivity index (χ4v) is 3.73. The smallest absolute Gasteiger partial charge is 0.306 e. The SMILES string of the molecule is CC(C)CC1C(C(=O)O)CC2CCC1N2C. The van der Waals surface area contributed by atoms with Crippen LogP contribution in [0.25, 0.3) is 0 Å². The summed E-state index contributed by atoms with van der Waals surface area (Å²) < 4.78 is 0. The highest BCUT2D eigenvalue weighted by atomic mass is 16.4. The van der Waals surface area contributed by atoms with Crippen molar-refractivity contribution in [1.82, 2.24) is 4.90 Å². The predicted molar refractivity (Wildman–Crippen MR) is 63.3 cm³/mol. The minimum absolute atomic E-state index is 0.101. The van der Waals surface area contributed by atoms with Crippen LogP contribution < -0.4 is 0 Å². The molecule has 4 atom stereocenters. The highest BCUT2D eigenvalue weighted by Gasteiger charge is 2.47. The first-order chi connectivity index (χ1) is 7.50. The largest absolute Gasteiger partial charge is 0.481 e. The number of aliphatic carboxylic acids is 1. The third-order valence-electron chi connectivity index (χ3n) is 4.49. The van der Waals surface area contributed by atoms with Gasteiger partial charge in [0.15, 0.2) is 0 Å². The van der Waals surface area contributed by atoms with Gasteiger partial charge in [-0.3, -0.25) is 4.79 Å². The Kier molecular flexibility index (Phi) is 3.24. The third kappa shape index (κ3) is 1.97. The van der Waals surface area contributed by atoms with Crippen molar-refractivity contribution in [2.45, 2.75) is 51.6 Å². The number of hydrogen-bond donors (Lipinski definition) is 1. The van der Waals surface area contributed by atoms with Crippen molar-refractivity contribution in [3.05, 3.63) is 0 Å². The van der Waals surface area contributed by atoms with Crippen LogP contribution in [0.15, 0.2) is 0 Å². The van der Waals surface area contributed by atoms with Gasteiger partial charge in [-0.25, -0.2) is 0 Å². The van der Waals surface area contributed by atoms with E-state index < -0.39 is 5.97 Å². The number of carboxylic acid groups (broad SMARTS) is 1. The van der Waals surface area contributed by atoms with Gasteiger partial charge in [0.25, 0.3) is 0 Å². The van der Waals surface area contributed by atoms with Crippen LogP contribution in [0.3, 0.4) is 0 Å². The van der Waals surface area contributed by atoms with Crippen LogP contribution in [0.5, 0.6) is 0 Å². The Bertz CT molecular complexity index is 277. The van der Waals surface area contributed by atoms with E-state index in [-0.39, 0.29) is 5.92 Å². The Labute approximate surface area is 97.8 Å². The Morgan fingerprint density at radius 2 is 2.12 bits per heavy atom. The van der Waals surface area contributed by atoms with Crippen molar-refractivity contribution < 1.29 is 9.90 Å². The summed E-state index contributed by atoms with van der Waals surface area (Å²) in [5.74, 6) is 0.283. The van der Waals surface area contributed by atoms with Crippen LogP contribution in [0, 0.1) is 17.8 Å². The lowest BCUT2D eigenvalue weighted by Crippen LogP contribution is -2.49. The van der Waals surface area contributed by atoms with Crippen molar-refractivity contribution in [2.75, 3.05) is 7.05 Å². The first-order valence-corrected chi connectivity index (χ1v) is 6.45. The summed E-state index contributed by atoms with van der Waals surface area (Å²) in [6, 6.07) is 1.04. The summed E-state index contributed by atoms with van der Waals surface area (Å²) in [7, 11) is 2.17. The summed E-state index contributed by atoms with van der Waals surface area (Å²) in [6.07, 6.45) is 4.31. The lowest BCUT2D eigenvalue weighted by Gasteiger charge is -2.42. The van der Waals surface area contributed by atoms with E-state index in [2.05, 4.69) is 25.8 Å². The molecule has 2 bridgehead atoms. The Hall–Kier alpha value is -0.570. The minimum atomic E-state index is -0.573. The molecule has 92 valence electrons. The van der Waals surface area contributed by atoms with E-state index in [1.807, 2.05) is 0 Å². The molecule has 2 aliphatic rings. The van der Waals surface area contributed by atoms with E-state index in [0.717, 1.165) is 12.8 Å². The minimum Gasteiger partial charge on any atom is -0.481 e. The monoisotopic (exact) mass is 225 g/mol. The highest BCUT2D eigenvalue weighted by molar-refractivity contribution is 5.70. The second-order valence-electron chi connectivity index (χ2n) is 5.94. The lowest BCUT2D eigenvalue weighted by molar-refractivity contribution is -0.147. The molecular weight excluding hydrogens is 202 g/mol. The second-order valence-corrected chi connectivity index (χ2v) is 5.94. The van der Waals surface area contributed by atoms with Crippen molar-refractivity contribution in [3.8, 4) is 0 Å². The Morgan fingerprint density at radius 3 is 2.69 bits per heavy atom. The zero-order valence-electron chi connectivity index (χ0n) is 10.5. The van der Waals surface area contributed by atoms with Gasteiger partial charge < -0.3 is 10.0 Å². The van der Waals surface area contributed by atoms with Crippen LogP contribution in [0.2, 0.25) is 0 Å². The van der Waals surface area contributed by atoms with E-state index in [9.17, 15) is 9.90 Å². The molecule has 0 aromatic rings. The topological polar surface area (TPSA) is 40.5 Å². The van der Waals surface area contributed by atoms with Crippen molar-refractivity contribution in [3.63, 3.8) is 0 Å². The predicted octanol–water partition coefficient (Wildman–Crippen LogP) is 2.22. The maximum absolute atomic E-state index is 11.4. The first kappa shape index (κ1) is 11.9. The molecule has 2 heterocycles. The van der Waals surface area contributed by atoms with Crippen LogP contribution in [0.1, 0.15) is 39.5 Å². The van der Waals surface area contributed by atoms with Crippen molar-refractivity contribution in [1.29, 1.82) is 0 Å². The molecule has 16 heavy (non-hydrogen) atoms. The number of carboxylic acids is 1. The average Bonchev–Trinajstić information content (AvgIpc) is 2.43. The average molecular weight is 225 g/mol. The van der Waals surface area contributed by atoms with Crippen molar-refractivity contribution >= 4 is 5.97 Å². The summed E-state index contributed by atoms with van der Waals surface area (Å²) in [5, 5.41) is 9.35. The molecule has 2 fully saturated rings. The van der Waals surface area contributed by atoms with Gasteiger partial charge in [-0.15, -0.1) is 0 Å². The maximum Gasteiger partial charge on any atom is 0.306 e. The van der Waals surface area contributed by atoms with E-state index in [0.29, 0.717) is 23.9 Å². The molecule has 0 radical (unpaired) electrons. The second kappa shape index (κ2) is 4.36. The van der Waals surface area contributed by atoms with Gasteiger partial charge >= 0.3 is 5.97 Å². The number of hydrogen-bond acceptors (Lipinski definition) is 2. The number of piperidine rings is 1. The molecule has 4 unspecified atom stereocenters. The van der Waals surface area contributed by atoms with Gasteiger partial charge in [-0.05, 0) is 44.6 Å². The standard InChI is InChI=1S/C13H23NO2/c1-8(2)6-10-11(13(15)16)7-9-4-5-12(10)14(9)3/h8-12H,4-7H2,1-3H3,(H,15,16). The fraction of sp³-hybridized carbons (Fsp3) is 0.923. The molecule has 0 aliphatic carbocycles. The van der Waals surface area contributed by atoms with Gasteiger partial charge in [-0.1, -0.05) is 13.8 Å². The number of rotatable bonds is 3. The molecular formula is C13H23NO2. The molecule has 1 N–H and O–H groups in total. The van der Waals surface area contributed by atoms with Gasteiger partial charge in [0, 0.05) is 12.1 Å². The van der Waals surface area contributed by atoms with Crippen LogP contribution in [-0.4, -0.2) is 35.1 Å². The molecule has 0 aromatic carbocycles. The van der Waals surface area contributed by atoms with E-state index >= 15 is 0 Å². The maximum atomic E-state index is 11.4. The van der Waals surface area contributed by atoms with Crippen molar-refractivity contribution in [2.24, 2.45) is 17.8 Å². The normalized spacial score (nSPS) is 39.2. The summed E-state index contributed by atoms with van der Waals surface area (Å²) in [4.78, 5) is 13.8. The Balaban J connectivity index is 2.17. The van der Waals surface area contributed by atoms with E-state index in [4.69, 9.17) is 0 Å². The zero-order valence-corrected chi connectivity index (χ0v) is 10.5. The number of nitrogens with zero attached hydrogens (tertiary/aromatic N) is 1. The molecule has 0 saturated carbocycles. The van der Waals surface area contributed by atoms with E-state index in [1.165, 1.54) is 12.8 Å². The number of fused-ring (bicyclic) bond motifs is 2. The van der Waals surface area contributed by atoms with E-state index in [1.54, 1.807) is 0 Å². The van der Waals surface area contributed by atoms with Crippen LogP contribution in [0.4, 0.5) is 0 Å². The molecule has 0 aromatic heterocycles. The van der Waals surface area contributed by atoms with Gasteiger partial charge in [0.1, 0.15) is 0 Å². The zero-order chi connectivity index (χ0) is 11.9. The molecule has 3 heteroatoms. The van der Waals surface area contributed by atoms with Crippen LogP contribution >= 0.6 is 0 Å². The molecule has 3 nitrogen and oxygen atoms in total. The third-order valence-corrected chi connectivity index (χ3v) is 4.49. The fourth-order valence-electron chi connectivity index (χ4n) is 3.73. The highest BCUT2D eigenvalue weighted by Crippen LogP contribution is 2.44. The van der Waals surface area contributed by atoms with Crippen LogP contribution in [-0.2, 0) is 4.79 Å². The lowest BCUT2D eigenvalue weighted by atomic mass is 9.76. The molecule has 0 amide bonds.